The number of ether oxygens (including phenoxy) is 1. The van der Waals surface area contributed by atoms with Gasteiger partial charge in [0.2, 0.25) is 5.91 Å². The molecular weight excluding hydrogens is 294 g/mol. The fraction of sp³-hybridized carbons (Fsp3) is 0.647. The predicted octanol–water partition coefficient (Wildman–Crippen LogP) is 1.34. The first kappa shape index (κ1) is 16.2. The average Bonchev–Trinajstić information content (AvgIpc) is 2.55. The molecule has 3 rings (SSSR count). The second-order valence-corrected chi connectivity index (χ2v) is 7.13. The first-order valence-corrected chi connectivity index (χ1v) is 8.24. The van der Waals surface area contributed by atoms with Crippen molar-refractivity contribution in [2.75, 3.05) is 11.9 Å². The summed E-state index contributed by atoms with van der Waals surface area (Å²) in [6.07, 6.45) is 3.54. The Hall–Kier alpha value is -1.66. The van der Waals surface area contributed by atoms with Crippen molar-refractivity contribution in [2.24, 2.45) is 17.1 Å². The van der Waals surface area contributed by atoms with Crippen LogP contribution in [-0.4, -0.2) is 28.7 Å². The largest absolute Gasteiger partial charge is 0.377 e. The van der Waals surface area contributed by atoms with E-state index in [1.807, 2.05) is 20.8 Å². The smallest absolute Gasteiger partial charge is 0.250 e. The van der Waals surface area contributed by atoms with E-state index < -0.39 is 11.0 Å². The summed E-state index contributed by atoms with van der Waals surface area (Å²) in [6.45, 7) is 7.17. The van der Waals surface area contributed by atoms with Gasteiger partial charge in [0.05, 0.1) is 11.8 Å². The second-order valence-electron chi connectivity index (χ2n) is 7.13. The standard InChI is InChI=1S/C17H25N3O3/c1-4-20-10-11(7-8-13(20)21)19-15(22)17(18)12-6-5-9-23-14(12)16(17,2)3/h7-8,10,12,14H,4-6,9,18H2,1-3H3,(H,19,22). The molecule has 3 atom stereocenters. The molecule has 0 spiro atoms. The number of carbonyl (C=O) groups is 1. The second kappa shape index (κ2) is 5.46. The number of nitrogens with zero attached hydrogens (tertiary/aromatic N) is 1. The van der Waals surface area contributed by atoms with Crippen molar-refractivity contribution in [3.63, 3.8) is 0 Å². The molecule has 1 saturated carbocycles. The van der Waals surface area contributed by atoms with Crippen LogP contribution in [0, 0.1) is 11.3 Å². The van der Waals surface area contributed by atoms with Crippen molar-refractivity contribution in [3.05, 3.63) is 28.7 Å². The zero-order valence-corrected chi connectivity index (χ0v) is 14.0. The maximum atomic E-state index is 12.9. The van der Waals surface area contributed by atoms with Crippen LogP contribution in [0.25, 0.3) is 0 Å². The molecule has 3 unspecified atom stereocenters. The Labute approximate surface area is 136 Å². The highest BCUT2D eigenvalue weighted by Crippen LogP contribution is 2.57. The Morgan fingerprint density at radius 1 is 1.48 bits per heavy atom. The minimum absolute atomic E-state index is 0.0385. The molecule has 6 nitrogen and oxygen atoms in total. The number of fused-ring (bicyclic) bond motifs is 1. The number of anilines is 1. The van der Waals surface area contributed by atoms with E-state index in [1.165, 1.54) is 6.07 Å². The van der Waals surface area contributed by atoms with Gasteiger partial charge >= 0.3 is 0 Å². The van der Waals surface area contributed by atoms with Gasteiger partial charge in [0, 0.05) is 36.7 Å². The molecule has 1 aromatic heterocycles. The number of hydrogen-bond donors (Lipinski definition) is 2. The molecule has 2 aliphatic rings. The highest BCUT2D eigenvalue weighted by molar-refractivity contribution is 6.00. The lowest BCUT2D eigenvalue weighted by Crippen LogP contribution is -2.81. The third kappa shape index (κ3) is 2.23. The van der Waals surface area contributed by atoms with Gasteiger partial charge in [-0.1, -0.05) is 13.8 Å². The van der Waals surface area contributed by atoms with Crippen molar-refractivity contribution in [1.82, 2.24) is 4.57 Å². The maximum Gasteiger partial charge on any atom is 0.250 e. The molecule has 126 valence electrons. The number of nitrogens with two attached hydrogens (primary N) is 1. The Morgan fingerprint density at radius 3 is 2.91 bits per heavy atom. The van der Waals surface area contributed by atoms with Crippen molar-refractivity contribution < 1.29 is 9.53 Å². The molecule has 1 aliphatic carbocycles. The molecule has 1 amide bonds. The Balaban J connectivity index is 1.84. The van der Waals surface area contributed by atoms with E-state index in [0.717, 1.165) is 19.4 Å². The summed E-state index contributed by atoms with van der Waals surface area (Å²) in [5, 5.41) is 2.90. The quantitative estimate of drug-likeness (QED) is 0.880. The number of rotatable bonds is 3. The van der Waals surface area contributed by atoms with Crippen LogP contribution in [0.5, 0.6) is 0 Å². The third-order valence-corrected chi connectivity index (χ3v) is 5.64. The molecule has 23 heavy (non-hydrogen) atoms. The molecule has 3 N–H and O–H groups in total. The number of amides is 1. The van der Waals surface area contributed by atoms with E-state index in [-0.39, 0.29) is 23.5 Å². The van der Waals surface area contributed by atoms with E-state index in [0.29, 0.717) is 12.2 Å². The summed E-state index contributed by atoms with van der Waals surface area (Å²) >= 11 is 0. The van der Waals surface area contributed by atoms with Crippen LogP contribution in [0.3, 0.4) is 0 Å². The summed E-state index contributed by atoms with van der Waals surface area (Å²) in [4.78, 5) is 24.5. The first-order chi connectivity index (χ1) is 10.8. The van der Waals surface area contributed by atoms with Crippen LogP contribution in [0.2, 0.25) is 0 Å². The van der Waals surface area contributed by atoms with Crippen LogP contribution in [0.1, 0.15) is 33.6 Å². The van der Waals surface area contributed by atoms with Gasteiger partial charge in [-0.3, -0.25) is 9.59 Å². The number of pyridine rings is 1. The number of aromatic nitrogens is 1. The third-order valence-electron chi connectivity index (χ3n) is 5.64. The molecule has 1 saturated heterocycles. The van der Waals surface area contributed by atoms with Gasteiger partial charge in [-0.25, -0.2) is 0 Å². The maximum absolute atomic E-state index is 12.9. The van der Waals surface area contributed by atoms with Gasteiger partial charge in [0.1, 0.15) is 5.54 Å². The summed E-state index contributed by atoms with van der Waals surface area (Å²) in [5.74, 6) is -0.154. The van der Waals surface area contributed by atoms with E-state index in [4.69, 9.17) is 10.5 Å². The highest BCUT2D eigenvalue weighted by atomic mass is 16.5. The first-order valence-electron chi connectivity index (χ1n) is 8.24. The van der Waals surface area contributed by atoms with Crippen LogP contribution >= 0.6 is 0 Å². The monoisotopic (exact) mass is 319 g/mol. The molecule has 2 heterocycles. The number of nitrogens with one attached hydrogen (secondary N) is 1. The van der Waals surface area contributed by atoms with Crippen molar-refractivity contribution in [1.29, 1.82) is 0 Å². The van der Waals surface area contributed by atoms with E-state index in [2.05, 4.69) is 5.32 Å². The zero-order valence-electron chi connectivity index (χ0n) is 14.0. The van der Waals surface area contributed by atoms with Gasteiger partial charge in [-0.05, 0) is 25.8 Å². The molecule has 0 radical (unpaired) electrons. The Bertz CT molecular complexity index is 682. The summed E-state index contributed by atoms with van der Waals surface area (Å²) in [6, 6.07) is 3.08. The topological polar surface area (TPSA) is 86.3 Å². The summed E-state index contributed by atoms with van der Waals surface area (Å²) in [7, 11) is 0. The van der Waals surface area contributed by atoms with Crippen LogP contribution in [-0.2, 0) is 16.1 Å². The zero-order chi connectivity index (χ0) is 16.8. The lowest BCUT2D eigenvalue weighted by Gasteiger charge is -2.65. The Morgan fingerprint density at radius 2 is 2.22 bits per heavy atom. The Kier molecular flexibility index (Phi) is 3.84. The number of carbonyl (C=O) groups excluding carboxylic acids is 1. The van der Waals surface area contributed by atoms with Crippen molar-refractivity contribution >= 4 is 11.6 Å². The lowest BCUT2D eigenvalue weighted by atomic mass is 9.46. The van der Waals surface area contributed by atoms with Gasteiger partial charge in [0.15, 0.2) is 0 Å². The van der Waals surface area contributed by atoms with E-state index in [9.17, 15) is 9.59 Å². The van der Waals surface area contributed by atoms with Crippen molar-refractivity contribution in [3.8, 4) is 0 Å². The van der Waals surface area contributed by atoms with E-state index >= 15 is 0 Å². The molecule has 0 bridgehead atoms. The molecule has 1 aromatic rings. The molecule has 6 heteroatoms. The highest BCUT2D eigenvalue weighted by Gasteiger charge is 2.70. The van der Waals surface area contributed by atoms with Crippen LogP contribution < -0.4 is 16.6 Å². The van der Waals surface area contributed by atoms with Gasteiger partial charge in [-0.15, -0.1) is 0 Å². The van der Waals surface area contributed by atoms with Gasteiger partial charge in [-0.2, -0.15) is 0 Å². The molecule has 2 fully saturated rings. The van der Waals surface area contributed by atoms with Crippen LogP contribution in [0.4, 0.5) is 5.69 Å². The lowest BCUT2D eigenvalue weighted by molar-refractivity contribution is -0.222. The van der Waals surface area contributed by atoms with Crippen molar-refractivity contribution in [2.45, 2.75) is 51.8 Å². The number of aryl methyl sites for hydroxylation is 1. The SMILES string of the molecule is CCn1cc(NC(=O)C2(N)C3CCCOC3C2(C)C)ccc1=O. The molecular formula is C17H25N3O3. The van der Waals surface area contributed by atoms with Crippen LogP contribution in [0.15, 0.2) is 23.1 Å². The summed E-state index contributed by atoms with van der Waals surface area (Å²) in [5.41, 5.74) is 5.71. The van der Waals surface area contributed by atoms with Gasteiger partial charge in [0.25, 0.3) is 5.56 Å². The van der Waals surface area contributed by atoms with E-state index in [1.54, 1.807) is 16.8 Å². The fourth-order valence-electron chi connectivity index (χ4n) is 4.12. The minimum Gasteiger partial charge on any atom is -0.377 e. The number of hydrogen-bond acceptors (Lipinski definition) is 4. The molecule has 0 aromatic carbocycles. The fourth-order valence-corrected chi connectivity index (χ4v) is 4.12. The summed E-state index contributed by atoms with van der Waals surface area (Å²) < 4.78 is 7.39. The minimum atomic E-state index is -0.953. The average molecular weight is 319 g/mol. The molecule has 1 aliphatic heterocycles. The predicted molar refractivity (Wildman–Crippen MR) is 88.2 cm³/mol. The normalized spacial score (nSPS) is 31.8. The van der Waals surface area contributed by atoms with Gasteiger partial charge < -0.3 is 20.4 Å².